The summed E-state index contributed by atoms with van der Waals surface area (Å²) in [5.74, 6) is 0.137. The van der Waals surface area contributed by atoms with Crippen molar-refractivity contribution in [3.8, 4) is 0 Å². The summed E-state index contributed by atoms with van der Waals surface area (Å²) in [4.78, 5) is 12.6. The Morgan fingerprint density at radius 2 is 2.08 bits per heavy atom. The molecular formula is C21H34N2O3. The van der Waals surface area contributed by atoms with E-state index in [9.17, 15) is 9.90 Å². The first-order valence-corrected chi connectivity index (χ1v) is 9.87. The maximum Gasteiger partial charge on any atom is 0.223 e. The smallest absolute Gasteiger partial charge is 0.223 e. The van der Waals surface area contributed by atoms with Crippen LogP contribution < -0.4 is 10.6 Å². The van der Waals surface area contributed by atoms with E-state index in [-0.39, 0.29) is 30.6 Å². The standard InChI is InChI=1S/C21H34N2O3/c1-4-10-26-20-9-8-18(12-19(20)23-15(2)3)21(25)22-13-16-6-5-7-17(11-16)14-24/h5-7,11,15,18-20,23-24H,4,8-10,12-14H2,1-3H3,(H,22,25)/t18-,19+,20+/m0/s1. The molecule has 1 fully saturated rings. The fourth-order valence-corrected chi connectivity index (χ4v) is 3.62. The first-order valence-electron chi connectivity index (χ1n) is 9.87. The van der Waals surface area contributed by atoms with Gasteiger partial charge in [0, 0.05) is 31.2 Å². The Kier molecular flexibility index (Phi) is 8.55. The van der Waals surface area contributed by atoms with E-state index in [4.69, 9.17) is 4.74 Å². The Morgan fingerprint density at radius 3 is 2.77 bits per heavy atom. The molecule has 0 saturated heterocycles. The molecule has 5 nitrogen and oxygen atoms in total. The molecule has 3 N–H and O–H groups in total. The number of rotatable bonds is 9. The van der Waals surface area contributed by atoms with Crippen LogP contribution in [0.15, 0.2) is 24.3 Å². The Labute approximate surface area is 157 Å². The molecule has 0 bridgehead atoms. The zero-order valence-corrected chi connectivity index (χ0v) is 16.3. The first-order chi connectivity index (χ1) is 12.5. The number of hydrogen-bond acceptors (Lipinski definition) is 4. The van der Waals surface area contributed by atoms with Gasteiger partial charge in [0.15, 0.2) is 0 Å². The molecule has 1 saturated carbocycles. The number of carbonyl (C=O) groups is 1. The molecule has 0 aliphatic heterocycles. The maximum absolute atomic E-state index is 12.6. The third-order valence-electron chi connectivity index (χ3n) is 4.88. The lowest BCUT2D eigenvalue weighted by molar-refractivity contribution is -0.127. The number of benzene rings is 1. The molecular weight excluding hydrogens is 328 g/mol. The molecule has 146 valence electrons. The second-order valence-electron chi connectivity index (χ2n) is 7.54. The lowest BCUT2D eigenvalue weighted by atomic mass is 9.82. The number of nitrogens with one attached hydrogen (secondary N) is 2. The van der Waals surface area contributed by atoms with Crippen molar-refractivity contribution in [3.63, 3.8) is 0 Å². The van der Waals surface area contributed by atoms with E-state index in [0.29, 0.717) is 12.6 Å². The van der Waals surface area contributed by atoms with Crippen LogP contribution in [-0.4, -0.2) is 35.8 Å². The van der Waals surface area contributed by atoms with Gasteiger partial charge in [-0.15, -0.1) is 0 Å². The average Bonchev–Trinajstić information content (AvgIpc) is 2.64. The van der Waals surface area contributed by atoms with Crippen LogP contribution in [0, 0.1) is 5.92 Å². The Hall–Kier alpha value is -1.43. The van der Waals surface area contributed by atoms with E-state index in [1.54, 1.807) is 0 Å². The van der Waals surface area contributed by atoms with Gasteiger partial charge in [-0.25, -0.2) is 0 Å². The Balaban J connectivity index is 1.89. The van der Waals surface area contributed by atoms with Gasteiger partial charge in [-0.3, -0.25) is 4.79 Å². The van der Waals surface area contributed by atoms with Gasteiger partial charge in [0.1, 0.15) is 0 Å². The van der Waals surface area contributed by atoms with Crippen molar-refractivity contribution in [2.75, 3.05) is 6.61 Å². The lowest BCUT2D eigenvalue weighted by Crippen LogP contribution is -2.50. The average molecular weight is 363 g/mol. The van der Waals surface area contributed by atoms with Crippen LogP contribution in [0.25, 0.3) is 0 Å². The highest BCUT2D eigenvalue weighted by molar-refractivity contribution is 5.78. The Bertz CT molecular complexity index is 562. The summed E-state index contributed by atoms with van der Waals surface area (Å²) >= 11 is 0. The summed E-state index contributed by atoms with van der Waals surface area (Å²) in [5, 5.41) is 15.9. The van der Waals surface area contributed by atoms with E-state index in [0.717, 1.165) is 43.4 Å². The number of carbonyl (C=O) groups excluding carboxylic acids is 1. The van der Waals surface area contributed by atoms with Crippen LogP contribution in [0.4, 0.5) is 0 Å². The summed E-state index contributed by atoms with van der Waals surface area (Å²) in [7, 11) is 0. The minimum absolute atomic E-state index is 0.0200. The monoisotopic (exact) mass is 362 g/mol. The highest BCUT2D eigenvalue weighted by atomic mass is 16.5. The predicted octanol–water partition coefficient (Wildman–Crippen LogP) is 2.76. The molecule has 1 aliphatic rings. The second-order valence-corrected chi connectivity index (χ2v) is 7.54. The molecule has 1 aromatic rings. The quantitative estimate of drug-likeness (QED) is 0.632. The molecule has 5 heteroatoms. The van der Waals surface area contributed by atoms with Gasteiger partial charge in [0.05, 0.1) is 12.7 Å². The molecule has 0 radical (unpaired) electrons. The third kappa shape index (κ3) is 6.38. The van der Waals surface area contributed by atoms with Crippen molar-refractivity contribution in [1.29, 1.82) is 0 Å². The van der Waals surface area contributed by atoms with Crippen molar-refractivity contribution >= 4 is 5.91 Å². The summed E-state index contributed by atoms with van der Waals surface area (Å²) in [5.41, 5.74) is 1.88. The van der Waals surface area contributed by atoms with Crippen LogP contribution in [-0.2, 0) is 22.7 Å². The van der Waals surface area contributed by atoms with Crippen LogP contribution in [0.1, 0.15) is 57.6 Å². The minimum atomic E-state index is 0.0200. The molecule has 0 heterocycles. The van der Waals surface area contributed by atoms with Gasteiger partial charge in [-0.05, 0) is 36.8 Å². The highest BCUT2D eigenvalue weighted by Gasteiger charge is 2.34. The predicted molar refractivity (Wildman–Crippen MR) is 104 cm³/mol. The topological polar surface area (TPSA) is 70.6 Å². The van der Waals surface area contributed by atoms with Gasteiger partial charge in [0.2, 0.25) is 5.91 Å². The van der Waals surface area contributed by atoms with Gasteiger partial charge >= 0.3 is 0 Å². The van der Waals surface area contributed by atoms with Crippen LogP contribution >= 0.6 is 0 Å². The Morgan fingerprint density at radius 1 is 1.31 bits per heavy atom. The van der Waals surface area contributed by atoms with E-state index < -0.39 is 0 Å². The molecule has 1 aliphatic carbocycles. The van der Waals surface area contributed by atoms with Crippen molar-refractivity contribution in [3.05, 3.63) is 35.4 Å². The maximum atomic E-state index is 12.6. The van der Waals surface area contributed by atoms with Crippen molar-refractivity contribution in [2.45, 2.75) is 77.8 Å². The lowest BCUT2D eigenvalue weighted by Gasteiger charge is -2.37. The summed E-state index contributed by atoms with van der Waals surface area (Å²) in [6.07, 6.45) is 3.81. The van der Waals surface area contributed by atoms with Crippen LogP contribution in [0.5, 0.6) is 0 Å². The number of ether oxygens (including phenoxy) is 1. The molecule has 0 spiro atoms. The normalized spacial score (nSPS) is 23.2. The number of hydrogen-bond donors (Lipinski definition) is 3. The van der Waals surface area contributed by atoms with Crippen molar-refractivity contribution < 1.29 is 14.6 Å². The second kappa shape index (κ2) is 10.7. The first kappa shape index (κ1) is 20.9. The molecule has 0 aromatic heterocycles. The number of aliphatic hydroxyl groups excluding tert-OH is 1. The van der Waals surface area contributed by atoms with Gasteiger partial charge < -0.3 is 20.5 Å². The van der Waals surface area contributed by atoms with E-state index in [1.165, 1.54) is 0 Å². The molecule has 1 amide bonds. The van der Waals surface area contributed by atoms with Gasteiger partial charge in [-0.1, -0.05) is 45.0 Å². The summed E-state index contributed by atoms with van der Waals surface area (Å²) in [6, 6.07) is 8.29. The van der Waals surface area contributed by atoms with E-state index in [1.807, 2.05) is 24.3 Å². The molecule has 26 heavy (non-hydrogen) atoms. The van der Waals surface area contributed by atoms with Crippen LogP contribution in [0.3, 0.4) is 0 Å². The third-order valence-corrected chi connectivity index (χ3v) is 4.88. The molecule has 3 atom stereocenters. The largest absolute Gasteiger partial charge is 0.392 e. The summed E-state index contributed by atoms with van der Waals surface area (Å²) < 4.78 is 6.01. The van der Waals surface area contributed by atoms with Crippen molar-refractivity contribution in [1.82, 2.24) is 10.6 Å². The number of amides is 1. The summed E-state index contributed by atoms with van der Waals surface area (Å²) in [6.45, 7) is 7.69. The minimum Gasteiger partial charge on any atom is -0.392 e. The van der Waals surface area contributed by atoms with E-state index >= 15 is 0 Å². The fraction of sp³-hybridized carbons (Fsp3) is 0.667. The van der Waals surface area contributed by atoms with Crippen molar-refractivity contribution in [2.24, 2.45) is 5.92 Å². The van der Waals surface area contributed by atoms with E-state index in [2.05, 4.69) is 31.4 Å². The van der Waals surface area contributed by atoms with Crippen LogP contribution in [0.2, 0.25) is 0 Å². The molecule has 0 unspecified atom stereocenters. The highest BCUT2D eigenvalue weighted by Crippen LogP contribution is 2.27. The van der Waals surface area contributed by atoms with Gasteiger partial charge in [-0.2, -0.15) is 0 Å². The fourth-order valence-electron chi connectivity index (χ4n) is 3.62. The van der Waals surface area contributed by atoms with Gasteiger partial charge in [0.25, 0.3) is 0 Å². The SMILES string of the molecule is CCCO[C@@H]1CC[C@H](C(=O)NCc2cccc(CO)c2)C[C@H]1NC(C)C. The molecule has 1 aromatic carbocycles. The molecule has 2 rings (SSSR count). The zero-order chi connectivity index (χ0) is 18.9. The number of aliphatic hydroxyl groups is 1. The zero-order valence-electron chi connectivity index (χ0n) is 16.3.